The number of aryl methyl sites for hydroxylation is 1. The summed E-state index contributed by atoms with van der Waals surface area (Å²) in [5.74, 6) is 0. The highest BCUT2D eigenvalue weighted by Gasteiger charge is 1.99. The average Bonchev–Trinajstić information content (AvgIpc) is 3.05. The van der Waals surface area contributed by atoms with Crippen molar-refractivity contribution in [1.29, 1.82) is 0 Å². The van der Waals surface area contributed by atoms with Crippen molar-refractivity contribution in [1.82, 2.24) is 9.97 Å². The Morgan fingerprint density at radius 3 is 2.15 bits per heavy atom. The number of hydrogen-bond donors (Lipinski definition) is 0. The van der Waals surface area contributed by atoms with Crippen molar-refractivity contribution in [2.45, 2.75) is 6.92 Å². The van der Waals surface area contributed by atoms with Gasteiger partial charge in [0.15, 0.2) is 0 Å². The molecule has 0 aliphatic rings. The quantitative estimate of drug-likeness (QED) is 0.403. The summed E-state index contributed by atoms with van der Waals surface area (Å²) in [6.45, 7) is 2.09. The molecule has 0 amide bonds. The second-order valence-corrected chi connectivity index (χ2v) is 6.88. The lowest BCUT2D eigenvalue weighted by atomic mass is 10.3. The Bertz CT molecular complexity index is 779. The molecule has 0 atom stereocenters. The van der Waals surface area contributed by atoms with Gasteiger partial charge >= 0.3 is 0 Å². The van der Waals surface area contributed by atoms with E-state index in [1.807, 2.05) is 18.3 Å². The van der Waals surface area contributed by atoms with E-state index >= 15 is 0 Å². The van der Waals surface area contributed by atoms with Gasteiger partial charge < -0.3 is 0 Å². The number of fused-ring (bicyclic) bond motifs is 2. The average molecular weight is 363 g/mol. The normalized spacial score (nSPS) is 10.5. The van der Waals surface area contributed by atoms with Gasteiger partial charge in [0.25, 0.3) is 0 Å². The Labute approximate surface area is 133 Å². The number of pyridine rings is 2. The summed E-state index contributed by atoms with van der Waals surface area (Å²) >= 11 is 6.87. The Hall–Kier alpha value is -1.30. The molecule has 0 bridgehead atoms. The largest absolute Gasteiger partial charge is 0.255 e. The van der Waals surface area contributed by atoms with Crippen LogP contribution < -0.4 is 0 Å². The van der Waals surface area contributed by atoms with Crippen LogP contribution in [0, 0.1) is 6.92 Å². The fourth-order valence-electron chi connectivity index (χ4n) is 1.83. The molecule has 4 aromatic heterocycles. The first-order valence-corrected chi connectivity index (χ1v) is 8.57. The van der Waals surface area contributed by atoms with Gasteiger partial charge in [-0.2, -0.15) is 0 Å². The molecule has 0 N–H and O–H groups in total. The van der Waals surface area contributed by atoms with Crippen molar-refractivity contribution in [3.05, 3.63) is 57.5 Å². The lowest BCUT2D eigenvalue weighted by molar-refractivity contribution is 1.39. The summed E-state index contributed by atoms with van der Waals surface area (Å²) < 4.78 is 3.60. The second-order valence-electron chi connectivity index (χ2n) is 4.20. The van der Waals surface area contributed by atoms with E-state index in [9.17, 15) is 0 Å². The Balaban J connectivity index is 0.000000121. The number of nitrogens with zero attached hydrogens (tertiary/aromatic N) is 2. The highest BCUT2D eigenvalue weighted by molar-refractivity contribution is 9.10. The van der Waals surface area contributed by atoms with Crippen LogP contribution in [-0.2, 0) is 0 Å². The predicted molar refractivity (Wildman–Crippen MR) is 91.7 cm³/mol. The van der Waals surface area contributed by atoms with E-state index in [0.29, 0.717) is 0 Å². The van der Waals surface area contributed by atoms with E-state index in [4.69, 9.17) is 0 Å². The van der Waals surface area contributed by atoms with Gasteiger partial charge in [0, 0.05) is 17.8 Å². The molecule has 0 spiro atoms. The topological polar surface area (TPSA) is 25.8 Å². The van der Waals surface area contributed by atoms with Gasteiger partial charge in [-0.15, -0.1) is 22.7 Å². The summed E-state index contributed by atoms with van der Waals surface area (Å²) in [6, 6.07) is 8.08. The van der Waals surface area contributed by atoms with Crippen molar-refractivity contribution in [3.8, 4) is 0 Å². The summed E-state index contributed by atoms with van der Waals surface area (Å²) in [5.41, 5.74) is 3.49. The lowest BCUT2D eigenvalue weighted by Crippen LogP contribution is -1.71. The molecule has 0 aliphatic heterocycles. The van der Waals surface area contributed by atoms with Crippen LogP contribution in [0.25, 0.3) is 20.4 Å². The highest BCUT2D eigenvalue weighted by atomic mass is 79.9. The van der Waals surface area contributed by atoms with Gasteiger partial charge in [0.1, 0.15) is 0 Å². The standard InChI is InChI=1S/C8H7NS.C7H4BrNS/c1-6-5-10-7-3-2-4-9-8(6)7;8-5-4-10-6-2-1-3-9-7(5)6/h2-5H,1H3;1-4H. The van der Waals surface area contributed by atoms with E-state index in [-0.39, 0.29) is 0 Å². The van der Waals surface area contributed by atoms with E-state index in [1.54, 1.807) is 28.9 Å². The highest BCUT2D eigenvalue weighted by Crippen LogP contribution is 2.27. The van der Waals surface area contributed by atoms with Gasteiger partial charge in [-0.05, 0) is 58.1 Å². The number of rotatable bonds is 0. The molecule has 4 aromatic rings. The van der Waals surface area contributed by atoms with Gasteiger partial charge in [-0.3, -0.25) is 9.97 Å². The first-order chi connectivity index (χ1) is 9.75. The van der Waals surface area contributed by atoms with Crippen molar-refractivity contribution in [2.75, 3.05) is 0 Å². The third kappa shape index (κ3) is 2.75. The van der Waals surface area contributed by atoms with Crippen molar-refractivity contribution < 1.29 is 0 Å². The minimum Gasteiger partial charge on any atom is -0.255 e. The zero-order valence-electron chi connectivity index (χ0n) is 10.7. The fraction of sp³-hybridized carbons (Fsp3) is 0.0667. The monoisotopic (exact) mass is 362 g/mol. The number of aromatic nitrogens is 2. The predicted octanol–water partition coefficient (Wildman–Crippen LogP) is 5.66. The minimum atomic E-state index is 1.06. The molecular weight excluding hydrogens is 352 g/mol. The van der Waals surface area contributed by atoms with E-state index in [0.717, 1.165) is 15.5 Å². The molecular formula is C15H11BrN2S2. The summed E-state index contributed by atoms with van der Waals surface area (Å²) in [4.78, 5) is 8.46. The van der Waals surface area contributed by atoms with Crippen LogP contribution >= 0.6 is 38.6 Å². The maximum absolute atomic E-state index is 4.25. The second kappa shape index (κ2) is 5.99. The van der Waals surface area contributed by atoms with Crippen molar-refractivity contribution in [3.63, 3.8) is 0 Å². The van der Waals surface area contributed by atoms with Crippen molar-refractivity contribution >= 4 is 59.0 Å². The van der Waals surface area contributed by atoms with E-state index in [2.05, 4.69) is 55.7 Å². The van der Waals surface area contributed by atoms with Gasteiger partial charge in [0.05, 0.1) is 24.9 Å². The summed E-state index contributed by atoms with van der Waals surface area (Å²) in [5, 5.41) is 4.19. The fourth-order valence-corrected chi connectivity index (χ4v) is 4.22. The van der Waals surface area contributed by atoms with E-state index in [1.165, 1.54) is 15.0 Å². The number of thiophene rings is 2. The Morgan fingerprint density at radius 1 is 0.900 bits per heavy atom. The van der Waals surface area contributed by atoms with E-state index < -0.39 is 0 Å². The smallest absolute Gasteiger partial charge is 0.0951 e. The molecule has 2 nitrogen and oxygen atoms in total. The third-order valence-corrected chi connectivity index (χ3v) is 5.69. The van der Waals surface area contributed by atoms with Crippen molar-refractivity contribution in [2.24, 2.45) is 0 Å². The Morgan fingerprint density at radius 2 is 1.50 bits per heavy atom. The van der Waals surface area contributed by atoms with Crippen LogP contribution in [-0.4, -0.2) is 9.97 Å². The van der Waals surface area contributed by atoms with Crippen LogP contribution in [0.5, 0.6) is 0 Å². The van der Waals surface area contributed by atoms with Gasteiger partial charge in [-0.25, -0.2) is 0 Å². The molecule has 0 fully saturated rings. The maximum Gasteiger partial charge on any atom is 0.0951 e. The van der Waals surface area contributed by atoms with Crippen LogP contribution in [0.3, 0.4) is 0 Å². The summed E-state index contributed by atoms with van der Waals surface area (Å²) in [6.07, 6.45) is 3.64. The van der Waals surface area contributed by atoms with Crippen LogP contribution in [0.15, 0.2) is 51.9 Å². The number of halogens is 1. The molecule has 20 heavy (non-hydrogen) atoms. The molecule has 0 saturated heterocycles. The lowest BCUT2D eigenvalue weighted by Gasteiger charge is -1.86. The molecule has 0 unspecified atom stereocenters. The zero-order chi connectivity index (χ0) is 13.9. The number of hydrogen-bond acceptors (Lipinski definition) is 4. The molecule has 0 aromatic carbocycles. The Kier molecular flexibility index (Phi) is 4.10. The van der Waals surface area contributed by atoms with Gasteiger partial charge in [0.2, 0.25) is 0 Å². The molecule has 4 heterocycles. The molecule has 5 heteroatoms. The molecule has 4 rings (SSSR count). The minimum absolute atomic E-state index is 1.06. The third-order valence-electron chi connectivity index (χ3n) is 2.79. The molecule has 100 valence electrons. The zero-order valence-corrected chi connectivity index (χ0v) is 13.9. The molecule has 0 radical (unpaired) electrons. The summed E-state index contributed by atoms with van der Waals surface area (Å²) in [7, 11) is 0. The van der Waals surface area contributed by atoms with Crippen LogP contribution in [0.4, 0.5) is 0 Å². The van der Waals surface area contributed by atoms with Gasteiger partial charge in [-0.1, -0.05) is 0 Å². The van der Waals surface area contributed by atoms with Crippen LogP contribution in [0.1, 0.15) is 5.56 Å². The van der Waals surface area contributed by atoms with Crippen LogP contribution in [0.2, 0.25) is 0 Å². The maximum atomic E-state index is 4.25. The first-order valence-electron chi connectivity index (χ1n) is 6.02. The molecule has 0 aliphatic carbocycles. The first kappa shape index (κ1) is 13.7. The molecule has 0 saturated carbocycles. The SMILES string of the molecule is Brc1csc2cccnc12.Cc1csc2cccnc12.